The van der Waals surface area contributed by atoms with Crippen molar-refractivity contribution in [3.05, 3.63) is 16.1 Å². The molecule has 2 rings (SSSR count). The van der Waals surface area contributed by atoms with Gasteiger partial charge < -0.3 is 0 Å². The molecular formula is C10H15ClN2S. The zero-order valence-electron chi connectivity index (χ0n) is 8.53. The minimum atomic E-state index is 0.325. The molecule has 1 aromatic heterocycles. The van der Waals surface area contributed by atoms with E-state index in [-0.39, 0.29) is 0 Å². The molecule has 14 heavy (non-hydrogen) atoms. The number of thiazole rings is 1. The van der Waals surface area contributed by atoms with E-state index in [1.807, 2.05) is 6.92 Å². The third-order valence-electron chi connectivity index (χ3n) is 2.66. The monoisotopic (exact) mass is 230 g/mol. The fraction of sp³-hybridized carbons (Fsp3) is 0.700. The molecule has 1 aromatic rings. The standard InChI is InChI=1S/C10H15ClN2S/c1-7-6-14-10(12-7)5-13-4-9(11)3-8(13)2/h6,8-9H,3-5H2,1-2H3. The Balaban J connectivity index is 1.98. The Morgan fingerprint density at radius 1 is 1.71 bits per heavy atom. The lowest BCUT2D eigenvalue weighted by molar-refractivity contribution is 0.260. The molecule has 0 saturated carbocycles. The van der Waals surface area contributed by atoms with E-state index in [4.69, 9.17) is 11.6 Å². The van der Waals surface area contributed by atoms with Crippen LogP contribution in [0.25, 0.3) is 0 Å². The van der Waals surface area contributed by atoms with Crippen LogP contribution in [0.3, 0.4) is 0 Å². The van der Waals surface area contributed by atoms with Gasteiger partial charge in [0.05, 0.1) is 6.54 Å². The molecule has 0 aliphatic carbocycles. The summed E-state index contributed by atoms with van der Waals surface area (Å²) in [6.45, 7) is 6.24. The molecule has 0 bridgehead atoms. The van der Waals surface area contributed by atoms with Crippen molar-refractivity contribution in [2.45, 2.75) is 38.2 Å². The van der Waals surface area contributed by atoms with Gasteiger partial charge in [-0.2, -0.15) is 0 Å². The first kappa shape index (κ1) is 10.4. The Kier molecular flexibility index (Phi) is 3.10. The number of alkyl halides is 1. The van der Waals surface area contributed by atoms with Crippen molar-refractivity contribution in [1.29, 1.82) is 0 Å². The van der Waals surface area contributed by atoms with Gasteiger partial charge >= 0.3 is 0 Å². The van der Waals surface area contributed by atoms with E-state index in [0.29, 0.717) is 11.4 Å². The van der Waals surface area contributed by atoms with Crippen molar-refractivity contribution >= 4 is 22.9 Å². The Morgan fingerprint density at radius 3 is 3.00 bits per heavy atom. The summed E-state index contributed by atoms with van der Waals surface area (Å²) in [5.74, 6) is 0. The largest absolute Gasteiger partial charge is 0.292 e. The molecule has 0 aromatic carbocycles. The van der Waals surface area contributed by atoms with Crippen molar-refractivity contribution in [1.82, 2.24) is 9.88 Å². The molecule has 0 radical (unpaired) electrons. The average molecular weight is 231 g/mol. The Bertz CT molecular complexity index is 313. The van der Waals surface area contributed by atoms with Gasteiger partial charge in [0.2, 0.25) is 0 Å². The van der Waals surface area contributed by atoms with Crippen LogP contribution in [0, 0.1) is 6.92 Å². The van der Waals surface area contributed by atoms with Crippen molar-refractivity contribution < 1.29 is 0 Å². The van der Waals surface area contributed by atoms with Crippen LogP contribution < -0.4 is 0 Å². The van der Waals surface area contributed by atoms with E-state index in [0.717, 1.165) is 25.2 Å². The van der Waals surface area contributed by atoms with Gasteiger partial charge in [-0.25, -0.2) is 4.98 Å². The van der Waals surface area contributed by atoms with Crippen LogP contribution in [0.4, 0.5) is 0 Å². The highest BCUT2D eigenvalue weighted by molar-refractivity contribution is 7.09. The van der Waals surface area contributed by atoms with Gasteiger partial charge in [-0.15, -0.1) is 22.9 Å². The maximum atomic E-state index is 6.11. The van der Waals surface area contributed by atoms with Crippen molar-refractivity contribution in [2.24, 2.45) is 0 Å². The topological polar surface area (TPSA) is 16.1 Å². The first-order chi connectivity index (χ1) is 6.65. The highest BCUT2D eigenvalue weighted by Gasteiger charge is 2.27. The Hall–Kier alpha value is -0.120. The van der Waals surface area contributed by atoms with Crippen molar-refractivity contribution in [3.8, 4) is 0 Å². The zero-order chi connectivity index (χ0) is 10.1. The van der Waals surface area contributed by atoms with Crippen LogP contribution >= 0.6 is 22.9 Å². The minimum absolute atomic E-state index is 0.325. The van der Waals surface area contributed by atoms with Gasteiger partial charge in [-0.05, 0) is 20.3 Å². The second kappa shape index (κ2) is 4.17. The summed E-state index contributed by atoms with van der Waals surface area (Å²) in [7, 11) is 0. The minimum Gasteiger partial charge on any atom is -0.292 e. The van der Waals surface area contributed by atoms with E-state index in [2.05, 4.69) is 22.2 Å². The van der Waals surface area contributed by atoms with Crippen LogP contribution in [0.2, 0.25) is 0 Å². The fourth-order valence-corrected chi connectivity index (χ4v) is 3.13. The number of aromatic nitrogens is 1. The molecule has 0 N–H and O–H groups in total. The molecular weight excluding hydrogens is 216 g/mol. The number of aryl methyl sites for hydroxylation is 1. The highest BCUT2D eigenvalue weighted by Crippen LogP contribution is 2.24. The molecule has 0 amide bonds. The summed E-state index contributed by atoms with van der Waals surface area (Å²) in [5, 5.41) is 3.64. The lowest BCUT2D eigenvalue weighted by atomic mass is 10.2. The second-order valence-electron chi connectivity index (χ2n) is 3.99. The molecule has 2 nitrogen and oxygen atoms in total. The molecule has 1 fully saturated rings. The van der Waals surface area contributed by atoms with Crippen LogP contribution in [-0.2, 0) is 6.54 Å². The normalized spacial score (nSPS) is 28.5. The smallest absolute Gasteiger partial charge is 0.107 e. The van der Waals surface area contributed by atoms with Crippen molar-refractivity contribution in [2.75, 3.05) is 6.54 Å². The van der Waals surface area contributed by atoms with Crippen LogP contribution in [0.15, 0.2) is 5.38 Å². The maximum absolute atomic E-state index is 6.11. The summed E-state index contributed by atoms with van der Waals surface area (Å²) in [6.07, 6.45) is 1.10. The van der Waals surface area contributed by atoms with Gasteiger partial charge in [0.15, 0.2) is 0 Å². The third kappa shape index (κ3) is 2.27. The predicted octanol–water partition coefficient (Wildman–Crippen LogP) is 2.65. The van der Waals surface area contributed by atoms with Gasteiger partial charge in [0.1, 0.15) is 5.01 Å². The summed E-state index contributed by atoms with van der Waals surface area (Å²) < 4.78 is 0. The van der Waals surface area contributed by atoms with Crippen LogP contribution in [0.5, 0.6) is 0 Å². The first-order valence-electron chi connectivity index (χ1n) is 4.94. The molecule has 2 atom stereocenters. The predicted molar refractivity (Wildman–Crippen MR) is 61.0 cm³/mol. The van der Waals surface area contributed by atoms with Crippen LogP contribution in [0.1, 0.15) is 24.0 Å². The summed E-state index contributed by atoms with van der Waals surface area (Å²) in [5.41, 5.74) is 1.12. The summed E-state index contributed by atoms with van der Waals surface area (Å²) >= 11 is 7.86. The van der Waals surface area contributed by atoms with Gasteiger partial charge in [0.25, 0.3) is 0 Å². The average Bonchev–Trinajstić information content (AvgIpc) is 2.61. The Morgan fingerprint density at radius 2 is 2.50 bits per heavy atom. The molecule has 1 saturated heterocycles. The highest BCUT2D eigenvalue weighted by atomic mass is 35.5. The molecule has 1 aliphatic rings. The number of hydrogen-bond donors (Lipinski definition) is 0. The molecule has 2 heterocycles. The fourth-order valence-electron chi connectivity index (χ4n) is 1.90. The zero-order valence-corrected chi connectivity index (χ0v) is 10.1. The lowest BCUT2D eigenvalue weighted by Gasteiger charge is -2.18. The number of hydrogen-bond acceptors (Lipinski definition) is 3. The van der Waals surface area contributed by atoms with E-state index in [1.165, 1.54) is 5.01 Å². The molecule has 2 unspecified atom stereocenters. The molecule has 4 heteroatoms. The van der Waals surface area contributed by atoms with E-state index in [9.17, 15) is 0 Å². The van der Waals surface area contributed by atoms with E-state index >= 15 is 0 Å². The number of halogens is 1. The Labute approximate surface area is 93.9 Å². The lowest BCUT2D eigenvalue weighted by Crippen LogP contribution is -2.26. The first-order valence-corrected chi connectivity index (χ1v) is 6.26. The van der Waals surface area contributed by atoms with Gasteiger partial charge in [0, 0.05) is 29.0 Å². The number of nitrogens with zero attached hydrogens (tertiary/aromatic N) is 2. The summed E-state index contributed by atoms with van der Waals surface area (Å²) in [6, 6.07) is 0.599. The van der Waals surface area contributed by atoms with E-state index in [1.54, 1.807) is 11.3 Å². The number of rotatable bonds is 2. The quantitative estimate of drug-likeness (QED) is 0.727. The van der Waals surface area contributed by atoms with Gasteiger partial charge in [-0.3, -0.25) is 4.90 Å². The SMILES string of the molecule is Cc1csc(CN2CC(Cl)CC2C)n1. The summed E-state index contributed by atoms with van der Waals surface area (Å²) in [4.78, 5) is 6.88. The van der Waals surface area contributed by atoms with Crippen molar-refractivity contribution in [3.63, 3.8) is 0 Å². The van der Waals surface area contributed by atoms with Gasteiger partial charge in [-0.1, -0.05) is 0 Å². The number of likely N-dealkylation sites (tertiary alicyclic amines) is 1. The van der Waals surface area contributed by atoms with Crippen LogP contribution in [-0.4, -0.2) is 27.8 Å². The van der Waals surface area contributed by atoms with E-state index < -0.39 is 0 Å². The molecule has 1 aliphatic heterocycles. The second-order valence-corrected chi connectivity index (χ2v) is 5.55. The molecule has 0 spiro atoms. The molecule has 78 valence electrons. The maximum Gasteiger partial charge on any atom is 0.107 e. The third-order valence-corrected chi connectivity index (χ3v) is 3.93.